The van der Waals surface area contributed by atoms with E-state index in [2.05, 4.69) is 12.0 Å². The zero-order valence-corrected chi connectivity index (χ0v) is 12.0. The van der Waals surface area contributed by atoms with Crippen LogP contribution in [0.4, 0.5) is 0 Å². The monoisotopic (exact) mass is 271 g/mol. The summed E-state index contributed by atoms with van der Waals surface area (Å²) in [6, 6.07) is 0.175. The highest BCUT2D eigenvalue weighted by molar-refractivity contribution is 7.89. The summed E-state index contributed by atoms with van der Waals surface area (Å²) in [7, 11) is -3.36. The third-order valence-corrected chi connectivity index (χ3v) is 5.18. The lowest BCUT2D eigenvalue weighted by atomic mass is 10.0. The standard InChI is InChI=1S/C12H21N3O2S/c1-10(2)15-9-12(7-13-15)18(16,17)14-6-4-5-11(3)8-14/h7,9-11H,4-6,8H2,1-3H3/t11-/m1/s1. The number of hydrogen-bond donors (Lipinski definition) is 0. The molecule has 102 valence electrons. The van der Waals surface area contributed by atoms with E-state index >= 15 is 0 Å². The molecule has 0 bridgehead atoms. The van der Waals surface area contributed by atoms with Gasteiger partial charge in [-0.15, -0.1) is 0 Å². The van der Waals surface area contributed by atoms with Crippen molar-refractivity contribution in [1.29, 1.82) is 0 Å². The summed E-state index contributed by atoms with van der Waals surface area (Å²) in [5.41, 5.74) is 0. The van der Waals surface area contributed by atoms with Crippen LogP contribution >= 0.6 is 0 Å². The van der Waals surface area contributed by atoms with Gasteiger partial charge < -0.3 is 0 Å². The zero-order valence-electron chi connectivity index (χ0n) is 11.2. The van der Waals surface area contributed by atoms with E-state index in [1.807, 2.05) is 13.8 Å². The second kappa shape index (κ2) is 5.01. The van der Waals surface area contributed by atoms with Gasteiger partial charge in [0.25, 0.3) is 0 Å². The molecule has 2 heterocycles. The van der Waals surface area contributed by atoms with Crippen LogP contribution < -0.4 is 0 Å². The summed E-state index contributed by atoms with van der Waals surface area (Å²) < 4.78 is 28.1. The Hall–Kier alpha value is -0.880. The van der Waals surface area contributed by atoms with Crippen LogP contribution in [-0.4, -0.2) is 35.6 Å². The molecule has 6 heteroatoms. The molecule has 0 unspecified atom stereocenters. The van der Waals surface area contributed by atoms with Gasteiger partial charge in [-0.25, -0.2) is 8.42 Å². The Kier molecular flexibility index (Phi) is 3.77. The van der Waals surface area contributed by atoms with E-state index in [4.69, 9.17) is 0 Å². The molecule has 1 saturated heterocycles. The SMILES string of the molecule is CC(C)n1cc(S(=O)(=O)N2CCC[C@@H](C)C2)cn1. The molecular formula is C12H21N3O2S. The van der Waals surface area contributed by atoms with E-state index in [1.54, 1.807) is 15.2 Å². The minimum atomic E-state index is -3.36. The van der Waals surface area contributed by atoms with E-state index in [9.17, 15) is 8.42 Å². The van der Waals surface area contributed by atoms with Gasteiger partial charge in [-0.2, -0.15) is 9.40 Å². The van der Waals surface area contributed by atoms with Gasteiger partial charge >= 0.3 is 0 Å². The van der Waals surface area contributed by atoms with Crippen molar-refractivity contribution < 1.29 is 8.42 Å². The Bertz CT molecular complexity index is 507. The van der Waals surface area contributed by atoms with E-state index in [0.717, 1.165) is 12.8 Å². The van der Waals surface area contributed by atoms with Crippen LogP contribution in [0.1, 0.15) is 39.7 Å². The molecule has 1 aliphatic heterocycles. The third kappa shape index (κ3) is 2.59. The maximum atomic E-state index is 12.4. The first-order chi connectivity index (χ1) is 8.41. The van der Waals surface area contributed by atoms with Crippen molar-refractivity contribution in [3.63, 3.8) is 0 Å². The van der Waals surface area contributed by atoms with Crippen molar-refractivity contribution in [2.75, 3.05) is 13.1 Å². The molecule has 2 rings (SSSR count). The van der Waals surface area contributed by atoms with Crippen LogP contribution in [0.15, 0.2) is 17.3 Å². The van der Waals surface area contributed by atoms with Gasteiger partial charge in [0.2, 0.25) is 10.0 Å². The van der Waals surface area contributed by atoms with Gasteiger partial charge in [-0.1, -0.05) is 6.92 Å². The summed E-state index contributed by atoms with van der Waals surface area (Å²) in [5.74, 6) is 0.439. The fourth-order valence-corrected chi connectivity index (χ4v) is 3.79. The maximum absolute atomic E-state index is 12.4. The van der Waals surface area contributed by atoms with Crippen LogP contribution in [0.2, 0.25) is 0 Å². The molecule has 1 aliphatic rings. The van der Waals surface area contributed by atoms with Gasteiger partial charge in [-0.3, -0.25) is 4.68 Å². The summed E-state index contributed by atoms with van der Waals surface area (Å²) in [6.45, 7) is 7.30. The third-order valence-electron chi connectivity index (χ3n) is 3.36. The Morgan fingerprint density at radius 1 is 1.44 bits per heavy atom. The minimum absolute atomic E-state index is 0.175. The zero-order chi connectivity index (χ0) is 13.3. The van der Waals surface area contributed by atoms with E-state index in [-0.39, 0.29) is 6.04 Å². The average Bonchev–Trinajstić information content (AvgIpc) is 2.79. The fraction of sp³-hybridized carbons (Fsp3) is 0.750. The quantitative estimate of drug-likeness (QED) is 0.843. The normalized spacial score (nSPS) is 22.6. The molecule has 18 heavy (non-hydrogen) atoms. The highest BCUT2D eigenvalue weighted by atomic mass is 32.2. The van der Waals surface area contributed by atoms with Crippen LogP contribution in [0.25, 0.3) is 0 Å². The van der Waals surface area contributed by atoms with Gasteiger partial charge in [0.15, 0.2) is 0 Å². The molecule has 1 aromatic rings. The summed E-state index contributed by atoms with van der Waals surface area (Å²) in [4.78, 5) is 0.310. The van der Waals surface area contributed by atoms with E-state index < -0.39 is 10.0 Å². The number of sulfonamides is 1. The first-order valence-corrected chi connectivity index (χ1v) is 7.89. The molecule has 1 aromatic heterocycles. The van der Waals surface area contributed by atoms with Gasteiger partial charge in [0.05, 0.1) is 6.20 Å². The van der Waals surface area contributed by atoms with Crippen molar-refractivity contribution in [2.24, 2.45) is 5.92 Å². The first-order valence-electron chi connectivity index (χ1n) is 6.45. The van der Waals surface area contributed by atoms with Crippen LogP contribution in [0.5, 0.6) is 0 Å². The second-order valence-electron chi connectivity index (χ2n) is 5.36. The summed E-state index contributed by atoms with van der Waals surface area (Å²) in [6.07, 6.45) is 5.13. The highest BCUT2D eigenvalue weighted by Crippen LogP contribution is 2.23. The molecule has 1 fully saturated rings. The number of nitrogens with zero attached hydrogens (tertiary/aromatic N) is 3. The lowest BCUT2D eigenvalue weighted by Gasteiger charge is -2.29. The van der Waals surface area contributed by atoms with Gasteiger partial charge in [0.1, 0.15) is 4.90 Å². The second-order valence-corrected chi connectivity index (χ2v) is 7.30. The molecule has 0 aliphatic carbocycles. The largest absolute Gasteiger partial charge is 0.269 e. The number of rotatable bonds is 3. The van der Waals surface area contributed by atoms with E-state index in [0.29, 0.717) is 23.9 Å². The number of piperidine rings is 1. The molecule has 5 nitrogen and oxygen atoms in total. The molecule has 0 radical (unpaired) electrons. The number of hydrogen-bond acceptors (Lipinski definition) is 3. The van der Waals surface area contributed by atoms with Gasteiger partial charge in [0, 0.05) is 25.3 Å². The predicted molar refractivity (Wildman–Crippen MR) is 69.8 cm³/mol. The average molecular weight is 271 g/mol. The highest BCUT2D eigenvalue weighted by Gasteiger charge is 2.29. The Labute approximate surface area is 109 Å². The van der Waals surface area contributed by atoms with Crippen LogP contribution in [-0.2, 0) is 10.0 Å². The van der Waals surface area contributed by atoms with Gasteiger partial charge in [-0.05, 0) is 32.6 Å². The summed E-state index contributed by atoms with van der Waals surface area (Å²) in [5, 5.41) is 4.11. The molecule has 1 atom stereocenters. The lowest BCUT2D eigenvalue weighted by molar-refractivity contribution is 0.281. The first kappa shape index (κ1) is 13.5. The molecule has 0 aromatic carbocycles. The Balaban J connectivity index is 2.24. The molecule has 0 N–H and O–H groups in total. The number of aromatic nitrogens is 2. The van der Waals surface area contributed by atoms with Crippen LogP contribution in [0.3, 0.4) is 0 Å². The van der Waals surface area contributed by atoms with Crippen molar-refractivity contribution in [2.45, 2.75) is 44.6 Å². The Morgan fingerprint density at radius 3 is 2.72 bits per heavy atom. The fourth-order valence-electron chi connectivity index (χ4n) is 2.25. The lowest BCUT2D eigenvalue weighted by Crippen LogP contribution is -2.38. The minimum Gasteiger partial charge on any atom is -0.269 e. The smallest absolute Gasteiger partial charge is 0.246 e. The molecule has 0 amide bonds. The Morgan fingerprint density at radius 2 is 2.17 bits per heavy atom. The molecule has 0 spiro atoms. The van der Waals surface area contributed by atoms with Crippen molar-refractivity contribution >= 4 is 10.0 Å². The predicted octanol–water partition coefficient (Wildman–Crippen LogP) is 1.88. The van der Waals surface area contributed by atoms with E-state index in [1.165, 1.54) is 6.20 Å². The van der Waals surface area contributed by atoms with Crippen molar-refractivity contribution in [1.82, 2.24) is 14.1 Å². The summed E-state index contributed by atoms with van der Waals surface area (Å²) >= 11 is 0. The van der Waals surface area contributed by atoms with Crippen LogP contribution in [0, 0.1) is 5.92 Å². The maximum Gasteiger partial charge on any atom is 0.246 e. The molecule has 0 saturated carbocycles. The topological polar surface area (TPSA) is 55.2 Å². The molecular weight excluding hydrogens is 250 g/mol. The van der Waals surface area contributed by atoms with Crippen molar-refractivity contribution in [3.05, 3.63) is 12.4 Å². The van der Waals surface area contributed by atoms with Crippen molar-refractivity contribution in [3.8, 4) is 0 Å².